The van der Waals surface area contributed by atoms with E-state index < -0.39 is 0 Å². The Labute approximate surface area is 270 Å². The highest BCUT2D eigenvalue weighted by atomic mass is 35.5. The van der Waals surface area contributed by atoms with Crippen molar-refractivity contribution < 1.29 is 4.79 Å². The summed E-state index contributed by atoms with van der Waals surface area (Å²) >= 11 is 12.9. The van der Waals surface area contributed by atoms with Gasteiger partial charge in [0.2, 0.25) is 11.9 Å². The van der Waals surface area contributed by atoms with Crippen LogP contribution < -0.4 is 10.6 Å². The van der Waals surface area contributed by atoms with Gasteiger partial charge in [-0.3, -0.25) is 4.79 Å². The lowest BCUT2D eigenvalue weighted by atomic mass is 9.93. The Morgan fingerprint density at radius 1 is 1.00 bits per heavy atom. The molecule has 2 saturated heterocycles. The number of rotatable bonds is 9. The van der Waals surface area contributed by atoms with Gasteiger partial charge in [-0.15, -0.1) is 0 Å². The number of hydrogen-bond acceptors (Lipinski definition) is 6. The smallest absolute Gasteiger partial charge is 0.245 e. The summed E-state index contributed by atoms with van der Waals surface area (Å²) in [5, 5.41) is 8.17. The lowest BCUT2D eigenvalue weighted by Crippen LogP contribution is -2.37. The van der Waals surface area contributed by atoms with Crippen LogP contribution in [0.25, 0.3) is 22.6 Å². The van der Waals surface area contributed by atoms with Crippen molar-refractivity contribution in [3.63, 3.8) is 0 Å². The van der Waals surface area contributed by atoms with Crippen LogP contribution in [0.3, 0.4) is 0 Å². The molecular formula is C34H43Cl2N7O. The number of benzene rings is 1. The van der Waals surface area contributed by atoms with Crippen LogP contribution in [0.15, 0.2) is 43.1 Å². The van der Waals surface area contributed by atoms with E-state index in [1.54, 1.807) is 0 Å². The number of aromatic nitrogens is 4. The Morgan fingerprint density at radius 2 is 1.77 bits per heavy atom. The van der Waals surface area contributed by atoms with E-state index >= 15 is 0 Å². The Balaban J connectivity index is 1.38. The number of imidazole rings is 1. The van der Waals surface area contributed by atoms with Crippen LogP contribution in [-0.4, -0.2) is 62.5 Å². The van der Waals surface area contributed by atoms with Crippen molar-refractivity contribution in [2.24, 2.45) is 5.92 Å². The second-order valence-corrected chi connectivity index (χ2v) is 13.3. The van der Waals surface area contributed by atoms with Gasteiger partial charge in [-0.25, -0.2) is 15.0 Å². The molecular weight excluding hydrogens is 593 g/mol. The van der Waals surface area contributed by atoms with Crippen LogP contribution in [0.2, 0.25) is 10.0 Å². The summed E-state index contributed by atoms with van der Waals surface area (Å²) in [6, 6.07) is 8.18. The maximum Gasteiger partial charge on any atom is 0.245 e. The third-order valence-electron chi connectivity index (χ3n) is 9.59. The Hall–Kier alpha value is -2.94. The fourth-order valence-electron chi connectivity index (χ4n) is 7.07. The van der Waals surface area contributed by atoms with E-state index in [4.69, 9.17) is 33.2 Å². The number of likely N-dealkylation sites (tertiary alicyclic amines) is 1. The number of carbonyl (C=O) groups is 1. The normalized spacial score (nSPS) is 18.8. The van der Waals surface area contributed by atoms with Gasteiger partial charge < -0.3 is 20.1 Å². The van der Waals surface area contributed by atoms with Crippen LogP contribution in [0.1, 0.15) is 76.0 Å². The van der Waals surface area contributed by atoms with Crippen molar-refractivity contribution in [2.75, 3.05) is 31.5 Å². The fourth-order valence-corrected chi connectivity index (χ4v) is 7.36. The average Bonchev–Trinajstić information content (AvgIpc) is 3.45. The van der Waals surface area contributed by atoms with E-state index in [1.807, 2.05) is 35.4 Å². The van der Waals surface area contributed by atoms with Gasteiger partial charge in [-0.05, 0) is 88.2 Å². The second kappa shape index (κ2) is 14.4. The molecule has 1 aliphatic carbocycles. The van der Waals surface area contributed by atoms with Crippen LogP contribution >= 0.6 is 23.2 Å². The first-order valence-corrected chi connectivity index (χ1v) is 17.0. The highest BCUT2D eigenvalue weighted by Gasteiger charge is 2.29. The standard InChI is InChI=1S/C34H43Cl2N7O/c1-2-30(44)42-19-13-23(14-20-42)15-21-43-32(29-12-18-38-34(40-29)39-26-6-4-3-5-7-26)31(25-8-9-27(35)28(36)22-25)41-33(43)24-10-16-37-17-11-24/h2,8-9,12,18,22-24,26,37H,1,3-7,10-11,13-17,19-21H2,(H,38,39,40). The van der Waals surface area contributed by atoms with E-state index in [0.717, 1.165) is 106 Å². The Bertz CT molecular complexity index is 1450. The largest absolute Gasteiger partial charge is 0.351 e. The molecule has 1 amide bonds. The number of hydrogen-bond donors (Lipinski definition) is 2. The van der Waals surface area contributed by atoms with Crippen LogP contribution in [0.5, 0.6) is 0 Å². The predicted octanol–water partition coefficient (Wildman–Crippen LogP) is 7.34. The number of nitrogens with zero attached hydrogens (tertiary/aromatic N) is 5. The third kappa shape index (κ3) is 7.13. The van der Waals surface area contributed by atoms with Crippen molar-refractivity contribution in [1.29, 1.82) is 0 Å². The summed E-state index contributed by atoms with van der Waals surface area (Å²) < 4.78 is 2.43. The number of piperidine rings is 2. The summed E-state index contributed by atoms with van der Waals surface area (Å²) in [4.78, 5) is 29.2. The number of carbonyl (C=O) groups excluding carboxylic acids is 1. The average molecular weight is 637 g/mol. The SMILES string of the molecule is C=CC(=O)N1CCC(CCn2c(C3CCNCC3)nc(-c3ccc(Cl)c(Cl)c3)c2-c2ccnc(NC3CCCCC3)n2)CC1. The van der Waals surface area contributed by atoms with Gasteiger partial charge in [0, 0.05) is 43.4 Å². The fraction of sp³-hybridized carbons (Fsp3) is 0.529. The number of nitrogens with one attached hydrogen (secondary N) is 2. The van der Waals surface area contributed by atoms with Gasteiger partial charge in [0.05, 0.1) is 27.1 Å². The maximum absolute atomic E-state index is 12.2. The molecule has 0 radical (unpaired) electrons. The summed E-state index contributed by atoms with van der Waals surface area (Å²) in [6.07, 6.45) is 14.4. The number of amides is 1. The van der Waals surface area contributed by atoms with Gasteiger partial charge in [-0.1, -0.05) is 55.1 Å². The maximum atomic E-state index is 12.2. The lowest BCUT2D eigenvalue weighted by Gasteiger charge is -2.32. The van der Waals surface area contributed by atoms with Gasteiger partial charge in [0.25, 0.3) is 0 Å². The molecule has 3 fully saturated rings. The molecule has 0 unspecified atom stereocenters. The van der Waals surface area contributed by atoms with Crippen molar-refractivity contribution in [3.05, 3.63) is 59.0 Å². The molecule has 0 atom stereocenters. The summed E-state index contributed by atoms with van der Waals surface area (Å²) in [6.45, 7) is 8.02. The Kier molecular flexibility index (Phi) is 10.2. The molecule has 1 aromatic carbocycles. The van der Waals surface area contributed by atoms with Gasteiger partial charge >= 0.3 is 0 Å². The van der Waals surface area contributed by atoms with Crippen LogP contribution in [-0.2, 0) is 11.3 Å². The molecule has 234 valence electrons. The minimum atomic E-state index is 0.0289. The zero-order valence-corrected chi connectivity index (χ0v) is 26.9. The first-order valence-electron chi connectivity index (χ1n) is 16.3. The van der Waals surface area contributed by atoms with Crippen molar-refractivity contribution >= 4 is 35.1 Å². The molecule has 4 heterocycles. The minimum Gasteiger partial charge on any atom is -0.351 e. The van der Waals surface area contributed by atoms with Crippen molar-refractivity contribution in [3.8, 4) is 22.6 Å². The topological polar surface area (TPSA) is 88.0 Å². The van der Waals surface area contributed by atoms with Crippen LogP contribution in [0, 0.1) is 5.92 Å². The zero-order chi connectivity index (χ0) is 30.5. The monoisotopic (exact) mass is 635 g/mol. The van der Waals surface area contributed by atoms with E-state index in [0.29, 0.717) is 33.9 Å². The zero-order valence-electron chi connectivity index (χ0n) is 25.4. The third-order valence-corrected chi connectivity index (χ3v) is 10.3. The van der Waals surface area contributed by atoms with Crippen molar-refractivity contribution in [2.45, 2.75) is 82.7 Å². The van der Waals surface area contributed by atoms with Crippen LogP contribution in [0.4, 0.5) is 5.95 Å². The first kappa shape index (κ1) is 31.1. The molecule has 3 aliphatic rings. The van der Waals surface area contributed by atoms with Crippen molar-refractivity contribution in [1.82, 2.24) is 29.7 Å². The molecule has 2 aromatic heterocycles. The molecule has 6 rings (SSSR count). The summed E-state index contributed by atoms with van der Waals surface area (Å²) in [5.41, 5.74) is 3.68. The molecule has 0 bridgehead atoms. The predicted molar refractivity (Wildman–Crippen MR) is 178 cm³/mol. The Morgan fingerprint density at radius 3 is 2.50 bits per heavy atom. The molecule has 2 aliphatic heterocycles. The highest BCUT2D eigenvalue weighted by molar-refractivity contribution is 6.42. The van der Waals surface area contributed by atoms with Gasteiger partial charge in [-0.2, -0.15) is 0 Å². The number of halogens is 2. The summed E-state index contributed by atoms with van der Waals surface area (Å²) in [5.74, 6) is 2.69. The first-order chi connectivity index (χ1) is 21.5. The minimum absolute atomic E-state index is 0.0289. The lowest BCUT2D eigenvalue weighted by molar-refractivity contribution is -0.127. The molecule has 8 nitrogen and oxygen atoms in total. The molecule has 2 N–H and O–H groups in total. The molecule has 1 saturated carbocycles. The second-order valence-electron chi connectivity index (χ2n) is 12.5. The molecule has 3 aromatic rings. The van der Waals surface area contributed by atoms with E-state index in [1.165, 1.54) is 25.3 Å². The van der Waals surface area contributed by atoms with E-state index in [2.05, 4.69) is 26.8 Å². The van der Waals surface area contributed by atoms with Gasteiger partial charge in [0.15, 0.2) is 0 Å². The van der Waals surface area contributed by atoms with E-state index in [9.17, 15) is 4.79 Å². The summed E-state index contributed by atoms with van der Waals surface area (Å²) in [7, 11) is 0. The molecule has 10 heteroatoms. The highest BCUT2D eigenvalue weighted by Crippen LogP contribution is 2.39. The quantitative estimate of drug-likeness (QED) is 0.239. The number of anilines is 1. The van der Waals surface area contributed by atoms with E-state index in [-0.39, 0.29) is 5.91 Å². The molecule has 44 heavy (non-hydrogen) atoms. The molecule has 0 spiro atoms. The van der Waals surface area contributed by atoms with Gasteiger partial charge in [0.1, 0.15) is 5.82 Å².